The number of amides is 4. The highest BCUT2D eigenvalue weighted by Gasteiger charge is 2.35. The van der Waals surface area contributed by atoms with Gasteiger partial charge in [0.15, 0.2) is 10.8 Å². The summed E-state index contributed by atoms with van der Waals surface area (Å²) in [6.07, 6.45) is 4.91. The fourth-order valence-electron chi connectivity index (χ4n) is 5.59. The number of benzene rings is 2. The molecule has 3 atom stereocenters. The predicted octanol–water partition coefficient (Wildman–Crippen LogP) is 4.74. The Labute approximate surface area is 250 Å². The van der Waals surface area contributed by atoms with E-state index in [-0.39, 0.29) is 48.4 Å². The molecule has 42 heavy (non-hydrogen) atoms. The average Bonchev–Trinajstić information content (AvgIpc) is 3.44. The molecule has 0 spiro atoms. The van der Waals surface area contributed by atoms with Crippen molar-refractivity contribution in [3.8, 4) is 5.75 Å². The minimum Gasteiger partial charge on any atom is -0.485 e. The number of carbonyl (C=O) groups excluding carboxylic acids is 3. The first-order valence-corrected chi connectivity index (χ1v) is 15.5. The van der Waals surface area contributed by atoms with E-state index in [4.69, 9.17) is 4.74 Å². The van der Waals surface area contributed by atoms with Crippen LogP contribution in [-0.4, -0.2) is 82.7 Å². The first-order chi connectivity index (χ1) is 20.2. The van der Waals surface area contributed by atoms with Crippen molar-refractivity contribution in [3.63, 3.8) is 0 Å². The number of para-hydroxylation sites is 2. The smallest absolute Gasteiger partial charge is 0.317 e. The molecule has 1 fully saturated rings. The summed E-state index contributed by atoms with van der Waals surface area (Å²) in [5, 5.41) is 16.3. The number of nitrogens with zero attached hydrogens (tertiary/aromatic N) is 3. The zero-order chi connectivity index (χ0) is 29.8. The van der Waals surface area contributed by atoms with Gasteiger partial charge in [0.1, 0.15) is 6.10 Å². The highest BCUT2D eigenvalue weighted by molar-refractivity contribution is 7.20. The third-order valence-corrected chi connectivity index (χ3v) is 9.20. The largest absolute Gasteiger partial charge is 0.485 e. The lowest BCUT2D eigenvalue weighted by Crippen LogP contribution is -2.52. The molecule has 3 aromatic rings. The van der Waals surface area contributed by atoms with Crippen LogP contribution in [0.1, 0.15) is 66.1 Å². The molecule has 4 amide bonds. The van der Waals surface area contributed by atoms with E-state index in [1.165, 1.54) is 17.8 Å². The lowest BCUT2D eigenvalue weighted by Gasteiger charge is -2.38. The molecule has 0 saturated heterocycles. The Morgan fingerprint density at radius 2 is 1.93 bits per heavy atom. The third-order valence-electron chi connectivity index (χ3n) is 8.16. The number of likely N-dealkylation sites (N-methyl/N-ethyl adjacent to an activating group) is 1. The summed E-state index contributed by atoms with van der Waals surface area (Å²) in [5.74, 6) is -0.646. The predicted molar refractivity (Wildman–Crippen MR) is 163 cm³/mol. The topological polar surface area (TPSA) is 124 Å². The van der Waals surface area contributed by atoms with Crippen LogP contribution in [0.15, 0.2) is 42.5 Å². The minimum atomic E-state index is -0.493. The number of urea groups is 1. The van der Waals surface area contributed by atoms with Crippen molar-refractivity contribution in [1.29, 1.82) is 0 Å². The van der Waals surface area contributed by atoms with Crippen molar-refractivity contribution in [2.75, 3.05) is 32.1 Å². The van der Waals surface area contributed by atoms with Crippen LogP contribution in [0, 0.1) is 5.92 Å². The van der Waals surface area contributed by atoms with Crippen molar-refractivity contribution < 1.29 is 24.2 Å². The van der Waals surface area contributed by atoms with E-state index in [1.54, 1.807) is 42.0 Å². The Balaban J connectivity index is 1.43. The van der Waals surface area contributed by atoms with Gasteiger partial charge in [0.05, 0.1) is 40.7 Å². The van der Waals surface area contributed by atoms with Crippen molar-refractivity contribution in [1.82, 2.24) is 20.1 Å². The number of hydrogen-bond donors (Lipinski definition) is 3. The van der Waals surface area contributed by atoms with Crippen LogP contribution in [0.5, 0.6) is 5.75 Å². The van der Waals surface area contributed by atoms with Gasteiger partial charge in [-0.15, -0.1) is 11.3 Å². The molecule has 5 rings (SSSR count). The van der Waals surface area contributed by atoms with Gasteiger partial charge < -0.3 is 30.3 Å². The Morgan fingerprint density at radius 1 is 1.17 bits per heavy atom. The van der Waals surface area contributed by atoms with E-state index in [2.05, 4.69) is 15.6 Å². The van der Waals surface area contributed by atoms with E-state index in [0.717, 1.165) is 35.9 Å². The first-order valence-electron chi connectivity index (χ1n) is 14.6. The summed E-state index contributed by atoms with van der Waals surface area (Å²) < 4.78 is 7.45. The van der Waals surface area contributed by atoms with Crippen LogP contribution in [0.3, 0.4) is 0 Å². The second kappa shape index (κ2) is 13.1. The van der Waals surface area contributed by atoms with Gasteiger partial charge in [-0.25, -0.2) is 9.78 Å². The molecule has 3 N–H and O–H groups in total. The molecular formula is C31H39N5O5S. The molecule has 1 aromatic heterocycles. The molecule has 0 unspecified atom stereocenters. The van der Waals surface area contributed by atoms with Crippen LogP contribution in [-0.2, 0) is 0 Å². The molecule has 1 aliphatic carbocycles. The summed E-state index contributed by atoms with van der Waals surface area (Å²) >= 11 is 1.29. The number of ether oxygens (including phenoxy) is 1. The maximum Gasteiger partial charge on any atom is 0.317 e. The number of carbonyl (C=O) groups is 3. The summed E-state index contributed by atoms with van der Waals surface area (Å²) in [6.45, 7) is 4.18. The molecule has 1 aliphatic heterocycles. The maximum atomic E-state index is 13.8. The fourth-order valence-corrected chi connectivity index (χ4v) is 6.45. The number of nitrogens with one attached hydrogen (secondary N) is 2. The monoisotopic (exact) mass is 593 g/mol. The van der Waals surface area contributed by atoms with Gasteiger partial charge in [-0.05, 0) is 44.0 Å². The lowest BCUT2D eigenvalue weighted by molar-refractivity contribution is 0.0367. The molecule has 10 nitrogen and oxygen atoms in total. The van der Waals surface area contributed by atoms with Crippen molar-refractivity contribution in [2.24, 2.45) is 5.92 Å². The van der Waals surface area contributed by atoms with Gasteiger partial charge in [0.25, 0.3) is 11.8 Å². The zero-order valence-corrected chi connectivity index (χ0v) is 25.2. The molecule has 224 valence electrons. The van der Waals surface area contributed by atoms with Gasteiger partial charge >= 0.3 is 6.03 Å². The summed E-state index contributed by atoms with van der Waals surface area (Å²) in [7, 11) is 1.74. The number of hydrogen-bond acceptors (Lipinski definition) is 7. The number of anilines is 1. The van der Waals surface area contributed by atoms with E-state index in [0.29, 0.717) is 17.2 Å². The maximum absolute atomic E-state index is 13.8. The lowest BCUT2D eigenvalue weighted by atomic mass is 9.96. The van der Waals surface area contributed by atoms with Gasteiger partial charge in [-0.3, -0.25) is 9.59 Å². The number of rotatable bonds is 7. The molecule has 2 aromatic carbocycles. The van der Waals surface area contributed by atoms with Gasteiger partial charge in [0, 0.05) is 25.6 Å². The summed E-state index contributed by atoms with van der Waals surface area (Å²) in [6, 6.07) is 12.2. The number of aliphatic hydroxyl groups excluding tert-OH is 1. The highest BCUT2D eigenvalue weighted by Crippen LogP contribution is 2.35. The van der Waals surface area contributed by atoms with Gasteiger partial charge in [-0.1, -0.05) is 44.4 Å². The summed E-state index contributed by atoms with van der Waals surface area (Å²) in [4.78, 5) is 47.9. The Morgan fingerprint density at radius 3 is 2.67 bits per heavy atom. The number of fused-ring (bicyclic) bond motifs is 2. The Hall–Kier alpha value is -3.70. The highest BCUT2D eigenvalue weighted by atomic mass is 32.1. The second-order valence-corrected chi connectivity index (χ2v) is 12.4. The zero-order valence-electron chi connectivity index (χ0n) is 24.3. The van der Waals surface area contributed by atoms with E-state index >= 15 is 0 Å². The minimum absolute atomic E-state index is 0.158. The number of thiazole rings is 1. The summed E-state index contributed by atoms with van der Waals surface area (Å²) in [5.41, 5.74) is 1.36. The molecule has 0 bridgehead atoms. The molecule has 2 aliphatic rings. The van der Waals surface area contributed by atoms with Crippen molar-refractivity contribution >= 4 is 45.1 Å². The molecule has 11 heteroatoms. The van der Waals surface area contributed by atoms with Crippen LogP contribution >= 0.6 is 11.3 Å². The normalized spacial score (nSPS) is 20.2. The van der Waals surface area contributed by atoms with Crippen LogP contribution in [0.4, 0.5) is 10.5 Å². The number of aliphatic hydroxyl groups is 1. The number of aromatic nitrogens is 1. The van der Waals surface area contributed by atoms with Crippen LogP contribution in [0.25, 0.3) is 10.2 Å². The van der Waals surface area contributed by atoms with Crippen molar-refractivity contribution in [3.05, 3.63) is 53.0 Å². The van der Waals surface area contributed by atoms with Gasteiger partial charge in [-0.2, -0.15) is 0 Å². The first kappa shape index (κ1) is 29.8. The van der Waals surface area contributed by atoms with Crippen LogP contribution < -0.4 is 15.4 Å². The standard InChI is InChI=1S/C31H39N5O5S/c1-19-16-36(20(2)18-37)30(39)22-12-9-14-24(33-28(38)29-34-23-13-7-8-15-26(23)42-29)27(22)41-25(19)17-35(3)31(40)32-21-10-5-4-6-11-21/h7-9,12-15,19-21,25,37H,4-6,10-11,16-18H2,1-3H3,(H,32,40)(H,33,38)/t19-,20+,25+/m0/s1. The third kappa shape index (κ3) is 6.52. The molecule has 2 heterocycles. The Kier molecular flexibility index (Phi) is 9.27. The van der Waals surface area contributed by atoms with Gasteiger partial charge in [0.2, 0.25) is 0 Å². The fraction of sp³-hybridized carbons (Fsp3) is 0.484. The Bertz CT molecular complexity index is 1410. The average molecular weight is 594 g/mol. The van der Waals surface area contributed by atoms with E-state index in [1.807, 2.05) is 31.2 Å². The van der Waals surface area contributed by atoms with E-state index in [9.17, 15) is 19.5 Å². The second-order valence-electron chi connectivity index (χ2n) is 11.4. The van der Waals surface area contributed by atoms with Crippen molar-refractivity contribution in [2.45, 2.75) is 64.1 Å². The molecular weight excluding hydrogens is 554 g/mol. The molecule has 0 radical (unpaired) electrons. The quantitative estimate of drug-likeness (QED) is 0.364. The van der Waals surface area contributed by atoms with E-state index < -0.39 is 18.1 Å². The SMILES string of the molecule is C[C@H](CO)N1C[C@H](C)[C@@H](CN(C)C(=O)NC2CCCCC2)Oc2c(NC(=O)c3nc4ccccc4s3)cccc2C1=O. The molecule has 1 saturated carbocycles. The van der Waals surface area contributed by atoms with Crippen LogP contribution in [0.2, 0.25) is 0 Å².